The molecule has 0 bridgehead atoms. The molecular weight excluding hydrogens is 349 g/mol. The summed E-state index contributed by atoms with van der Waals surface area (Å²) >= 11 is 0. The molecule has 1 fully saturated rings. The highest BCUT2D eigenvalue weighted by molar-refractivity contribution is 7.89. The third kappa shape index (κ3) is 5.30. The Labute approximate surface area is 147 Å². The van der Waals surface area contributed by atoms with Crippen LogP contribution in [0.25, 0.3) is 0 Å². The predicted octanol–water partition coefficient (Wildman–Crippen LogP) is 2.09. The Morgan fingerprint density at radius 2 is 1.92 bits per heavy atom. The number of hydrogen-bond acceptors (Lipinski definition) is 5. The molecule has 0 unspecified atom stereocenters. The molecule has 0 saturated carbocycles. The van der Waals surface area contributed by atoms with Gasteiger partial charge in [0.05, 0.1) is 10.6 Å². The topological polar surface area (TPSA) is 102 Å². The summed E-state index contributed by atoms with van der Waals surface area (Å²) in [5.41, 5.74) is 4.68. The number of nitrogens with two attached hydrogens (primary N) is 1. The summed E-state index contributed by atoms with van der Waals surface area (Å²) in [5, 5.41) is 0. The van der Waals surface area contributed by atoms with Crippen molar-refractivity contribution in [2.24, 2.45) is 0 Å². The first kappa shape index (κ1) is 19.5. The van der Waals surface area contributed by atoms with E-state index in [-0.39, 0.29) is 16.6 Å². The number of nitrogen functional groups attached to an aromatic ring is 1. The Morgan fingerprint density at radius 1 is 1.32 bits per heavy atom. The molecule has 9 heteroatoms. The molecule has 25 heavy (non-hydrogen) atoms. The van der Waals surface area contributed by atoms with E-state index >= 15 is 0 Å². The average Bonchev–Trinajstić information content (AvgIpc) is 2.48. The smallest absolute Gasteiger partial charge is 0.410 e. The number of hydrogen-bond donors (Lipinski definition) is 2. The van der Waals surface area contributed by atoms with Crippen LogP contribution >= 0.6 is 0 Å². The van der Waals surface area contributed by atoms with Crippen molar-refractivity contribution in [3.8, 4) is 0 Å². The number of ether oxygens (including phenoxy) is 1. The predicted molar refractivity (Wildman–Crippen MR) is 92.0 cm³/mol. The van der Waals surface area contributed by atoms with Crippen LogP contribution in [0.15, 0.2) is 23.1 Å². The van der Waals surface area contributed by atoms with Gasteiger partial charge in [0.1, 0.15) is 11.4 Å². The van der Waals surface area contributed by atoms with Crippen LogP contribution in [-0.2, 0) is 14.8 Å². The van der Waals surface area contributed by atoms with E-state index < -0.39 is 27.5 Å². The molecule has 3 N–H and O–H groups in total. The van der Waals surface area contributed by atoms with E-state index in [2.05, 4.69) is 4.72 Å². The maximum Gasteiger partial charge on any atom is 0.410 e. The maximum atomic E-state index is 13.5. The third-order valence-electron chi connectivity index (χ3n) is 3.75. The number of nitrogens with one attached hydrogen (secondary N) is 1. The number of rotatable bonds is 3. The van der Waals surface area contributed by atoms with E-state index in [1.807, 2.05) is 0 Å². The number of carbonyl (C=O) groups is 1. The highest BCUT2D eigenvalue weighted by Gasteiger charge is 2.29. The lowest BCUT2D eigenvalue weighted by atomic mass is 10.1. The minimum absolute atomic E-state index is 0.107. The fourth-order valence-corrected chi connectivity index (χ4v) is 3.79. The molecule has 1 aromatic carbocycles. The standard InChI is InChI=1S/C16H24FN3O4S/c1-16(2,3)24-15(21)20-8-6-11(7-9-20)19-25(22,23)12-4-5-14(18)13(17)10-12/h4-5,10-11,19H,6-9,18H2,1-3H3. The van der Waals surface area contributed by atoms with Crippen LogP contribution in [0.2, 0.25) is 0 Å². The lowest BCUT2D eigenvalue weighted by molar-refractivity contribution is 0.0203. The second-order valence-electron chi connectivity index (χ2n) is 7.05. The molecular formula is C16H24FN3O4S. The van der Waals surface area contributed by atoms with Gasteiger partial charge in [0, 0.05) is 19.1 Å². The van der Waals surface area contributed by atoms with Crippen molar-refractivity contribution in [1.82, 2.24) is 9.62 Å². The van der Waals surface area contributed by atoms with Gasteiger partial charge in [-0.1, -0.05) is 0 Å². The molecule has 1 saturated heterocycles. The van der Waals surface area contributed by atoms with E-state index in [4.69, 9.17) is 10.5 Å². The van der Waals surface area contributed by atoms with E-state index in [9.17, 15) is 17.6 Å². The van der Waals surface area contributed by atoms with Crippen LogP contribution < -0.4 is 10.5 Å². The van der Waals surface area contributed by atoms with Gasteiger partial charge in [0.2, 0.25) is 10.0 Å². The largest absolute Gasteiger partial charge is 0.444 e. The molecule has 2 rings (SSSR count). The van der Waals surface area contributed by atoms with Gasteiger partial charge >= 0.3 is 6.09 Å². The zero-order valence-electron chi connectivity index (χ0n) is 14.6. The summed E-state index contributed by atoms with van der Waals surface area (Å²) in [5.74, 6) is -0.775. The first-order valence-corrected chi connectivity index (χ1v) is 9.51. The lowest BCUT2D eigenvalue weighted by Crippen LogP contribution is -2.47. The summed E-state index contributed by atoms with van der Waals surface area (Å²) < 4.78 is 46.0. The number of carbonyl (C=O) groups excluding carboxylic acids is 1. The van der Waals surface area contributed by atoms with Crippen LogP contribution in [0.3, 0.4) is 0 Å². The number of piperidine rings is 1. The molecule has 1 heterocycles. The third-order valence-corrected chi connectivity index (χ3v) is 5.27. The summed E-state index contributed by atoms with van der Waals surface area (Å²) in [4.78, 5) is 13.4. The van der Waals surface area contributed by atoms with Crippen molar-refractivity contribution in [3.05, 3.63) is 24.0 Å². The van der Waals surface area contributed by atoms with Crippen molar-refractivity contribution < 1.29 is 22.3 Å². The lowest BCUT2D eigenvalue weighted by Gasteiger charge is -2.33. The summed E-state index contributed by atoms with van der Waals surface area (Å²) in [6.45, 7) is 6.14. The Morgan fingerprint density at radius 3 is 2.44 bits per heavy atom. The SMILES string of the molecule is CC(C)(C)OC(=O)N1CCC(NS(=O)(=O)c2ccc(N)c(F)c2)CC1. The van der Waals surface area contributed by atoms with Crippen LogP contribution in [0.1, 0.15) is 33.6 Å². The number of nitrogens with zero attached hydrogens (tertiary/aromatic N) is 1. The number of halogens is 1. The first-order chi connectivity index (χ1) is 11.5. The summed E-state index contributed by atoms with van der Waals surface area (Å²) in [6.07, 6.45) is 0.501. The molecule has 7 nitrogen and oxygen atoms in total. The van der Waals surface area contributed by atoms with Crippen LogP contribution in [0, 0.1) is 5.82 Å². The second-order valence-corrected chi connectivity index (χ2v) is 8.76. The molecule has 1 aliphatic rings. The van der Waals surface area contributed by atoms with Crippen LogP contribution in [0.5, 0.6) is 0 Å². The Kier molecular flexibility index (Phi) is 5.58. The number of sulfonamides is 1. The van der Waals surface area contributed by atoms with E-state index in [0.717, 1.165) is 6.07 Å². The van der Waals surface area contributed by atoms with E-state index in [1.165, 1.54) is 12.1 Å². The number of anilines is 1. The van der Waals surface area contributed by atoms with E-state index in [1.54, 1.807) is 25.7 Å². The fraction of sp³-hybridized carbons (Fsp3) is 0.562. The van der Waals surface area contributed by atoms with Gasteiger partial charge in [-0.15, -0.1) is 0 Å². The van der Waals surface area contributed by atoms with Crippen molar-refractivity contribution >= 4 is 21.8 Å². The molecule has 1 aliphatic heterocycles. The maximum absolute atomic E-state index is 13.5. The number of likely N-dealkylation sites (tertiary alicyclic amines) is 1. The molecule has 0 radical (unpaired) electrons. The minimum atomic E-state index is -3.85. The van der Waals surface area contributed by atoms with Crippen molar-refractivity contribution in [3.63, 3.8) is 0 Å². The Bertz CT molecular complexity index is 738. The molecule has 0 spiro atoms. The quantitative estimate of drug-likeness (QED) is 0.790. The summed E-state index contributed by atoms with van der Waals surface area (Å²) in [7, 11) is -3.85. The second kappa shape index (κ2) is 7.17. The molecule has 140 valence electrons. The van der Waals surface area contributed by atoms with Crippen molar-refractivity contribution in [2.75, 3.05) is 18.8 Å². The van der Waals surface area contributed by atoms with Gasteiger partial charge in [-0.2, -0.15) is 0 Å². The van der Waals surface area contributed by atoms with Crippen LogP contribution in [-0.4, -0.2) is 44.1 Å². The van der Waals surface area contributed by atoms with Gasteiger partial charge < -0.3 is 15.4 Å². The van der Waals surface area contributed by atoms with Crippen molar-refractivity contribution in [2.45, 2.75) is 50.2 Å². The molecule has 1 amide bonds. The van der Waals surface area contributed by atoms with Gasteiger partial charge in [-0.05, 0) is 51.8 Å². The van der Waals surface area contributed by atoms with Gasteiger partial charge in [-0.3, -0.25) is 0 Å². The highest BCUT2D eigenvalue weighted by Crippen LogP contribution is 2.19. The monoisotopic (exact) mass is 373 g/mol. The first-order valence-electron chi connectivity index (χ1n) is 8.03. The van der Waals surface area contributed by atoms with Gasteiger partial charge in [-0.25, -0.2) is 22.3 Å². The number of amides is 1. The normalized spacial score (nSPS) is 16.7. The fourth-order valence-electron chi connectivity index (χ4n) is 2.47. The molecule has 1 aromatic rings. The minimum Gasteiger partial charge on any atom is -0.444 e. The zero-order chi connectivity index (χ0) is 18.8. The Hall–Kier alpha value is -1.87. The highest BCUT2D eigenvalue weighted by atomic mass is 32.2. The van der Waals surface area contributed by atoms with Gasteiger partial charge in [0.25, 0.3) is 0 Å². The Balaban J connectivity index is 1.95. The molecule has 0 aromatic heterocycles. The number of benzene rings is 1. The van der Waals surface area contributed by atoms with Crippen LogP contribution in [0.4, 0.5) is 14.9 Å². The molecule has 0 aliphatic carbocycles. The van der Waals surface area contributed by atoms with Crippen molar-refractivity contribution in [1.29, 1.82) is 0 Å². The molecule has 0 atom stereocenters. The van der Waals surface area contributed by atoms with Gasteiger partial charge in [0.15, 0.2) is 0 Å². The van der Waals surface area contributed by atoms with E-state index in [0.29, 0.717) is 25.9 Å². The zero-order valence-corrected chi connectivity index (χ0v) is 15.4. The summed E-state index contributed by atoms with van der Waals surface area (Å²) in [6, 6.07) is 3.04. The average molecular weight is 373 g/mol.